The summed E-state index contributed by atoms with van der Waals surface area (Å²) in [4.78, 5) is 37.5. The Morgan fingerprint density at radius 3 is 1.82 bits per heavy atom. The second-order valence-electron chi connectivity index (χ2n) is 8.61. The number of rotatable bonds is 5. The van der Waals surface area contributed by atoms with Gasteiger partial charge in [0.05, 0.1) is 16.9 Å². The summed E-state index contributed by atoms with van der Waals surface area (Å²) in [7, 11) is 0. The first kappa shape index (κ1) is 29.0. The van der Waals surface area contributed by atoms with Crippen LogP contribution < -0.4 is 15.1 Å². The van der Waals surface area contributed by atoms with Gasteiger partial charge in [-0.15, -0.1) is 0 Å². The first-order chi connectivity index (χ1) is 18.3. The van der Waals surface area contributed by atoms with Crippen molar-refractivity contribution >= 4 is 34.9 Å². The first-order valence-corrected chi connectivity index (χ1v) is 11.7. The first-order valence-electron chi connectivity index (χ1n) is 11.7. The number of carbonyl (C=O) groups excluding carboxylic acids is 1. The zero-order chi connectivity index (χ0) is 28.7. The van der Waals surface area contributed by atoms with Gasteiger partial charge in [0.25, 0.3) is 5.91 Å². The maximum Gasteiger partial charge on any atom is 0.490 e. The van der Waals surface area contributed by atoms with E-state index < -0.39 is 18.1 Å². The third kappa shape index (κ3) is 7.94. The van der Waals surface area contributed by atoms with E-state index in [1.807, 2.05) is 19.1 Å². The molecule has 4 rings (SSSR count). The predicted octanol–water partition coefficient (Wildman–Crippen LogP) is 5.04. The van der Waals surface area contributed by atoms with E-state index in [2.05, 4.69) is 15.1 Å². The molecule has 0 bridgehead atoms. The number of halogens is 4. The number of piperazine rings is 1. The Balaban J connectivity index is 0.000000532. The molecule has 0 radical (unpaired) electrons. The summed E-state index contributed by atoms with van der Waals surface area (Å²) in [6.45, 7) is 4.74. The molecule has 1 saturated heterocycles. The summed E-state index contributed by atoms with van der Waals surface area (Å²) in [5.41, 5.74) is 3.86. The van der Waals surface area contributed by atoms with Crippen molar-refractivity contribution < 1.29 is 42.2 Å². The molecule has 1 fully saturated rings. The average molecular weight is 548 g/mol. The molecule has 0 aromatic heterocycles. The minimum Gasteiger partial charge on any atom is -0.478 e. The van der Waals surface area contributed by atoms with E-state index in [-0.39, 0.29) is 17.3 Å². The van der Waals surface area contributed by atoms with E-state index in [0.717, 1.165) is 30.0 Å². The van der Waals surface area contributed by atoms with Crippen LogP contribution in [-0.4, -0.2) is 60.4 Å². The number of nitrogens with zero attached hydrogens (tertiary/aromatic N) is 2. The topological polar surface area (TPSA) is 110 Å². The number of anilines is 3. The minimum absolute atomic E-state index is 0.109. The number of alkyl halides is 3. The lowest BCUT2D eigenvalue weighted by Gasteiger charge is -2.38. The molecule has 12 heteroatoms. The van der Waals surface area contributed by atoms with Gasteiger partial charge in [-0.05, 0) is 61.5 Å². The van der Waals surface area contributed by atoms with Gasteiger partial charge < -0.3 is 25.3 Å². The molecular weight excluding hydrogens is 522 g/mol. The van der Waals surface area contributed by atoms with Crippen LogP contribution in [0.25, 0.3) is 0 Å². The maximum absolute atomic E-state index is 13.2. The second kappa shape index (κ2) is 12.3. The van der Waals surface area contributed by atoms with Gasteiger partial charge in [0.15, 0.2) is 0 Å². The molecule has 1 aliphatic heterocycles. The highest BCUT2D eigenvalue weighted by Crippen LogP contribution is 2.30. The molecular formula is C27H25F4N3O5. The van der Waals surface area contributed by atoms with Crippen LogP contribution in [0.5, 0.6) is 0 Å². The van der Waals surface area contributed by atoms with Gasteiger partial charge in [-0.1, -0.05) is 17.7 Å². The number of benzene rings is 3. The van der Waals surface area contributed by atoms with E-state index in [9.17, 15) is 32.3 Å². The van der Waals surface area contributed by atoms with Crippen LogP contribution in [0.4, 0.5) is 34.6 Å². The van der Waals surface area contributed by atoms with Crippen LogP contribution in [-0.2, 0) is 4.79 Å². The summed E-state index contributed by atoms with van der Waals surface area (Å²) in [5, 5.41) is 19.4. The van der Waals surface area contributed by atoms with Crippen molar-refractivity contribution in [3.05, 3.63) is 89.2 Å². The van der Waals surface area contributed by atoms with Crippen molar-refractivity contribution in [1.82, 2.24) is 0 Å². The third-order valence-electron chi connectivity index (χ3n) is 5.86. The van der Waals surface area contributed by atoms with E-state index in [1.165, 1.54) is 18.2 Å². The summed E-state index contributed by atoms with van der Waals surface area (Å²) < 4.78 is 45.0. The summed E-state index contributed by atoms with van der Waals surface area (Å²) in [5.74, 6) is -4.37. The van der Waals surface area contributed by atoms with E-state index in [1.54, 1.807) is 36.4 Å². The molecule has 0 spiro atoms. The van der Waals surface area contributed by atoms with Gasteiger partial charge in [0, 0.05) is 37.4 Å². The summed E-state index contributed by atoms with van der Waals surface area (Å²) in [6, 6.07) is 18.4. The van der Waals surface area contributed by atoms with Crippen molar-refractivity contribution in [2.75, 3.05) is 41.3 Å². The lowest BCUT2D eigenvalue weighted by Crippen LogP contribution is -2.46. The SMILES string of the molecule is Cc1ccc(C(=O)Nc2cc(C(=O)O)ccc2N2CCN(c3ccc(F)cc3)CC2)cc1.O=C(O)C(F)(F)F. The second-order valence-corrected chi connectivity index (χ2v) is 8.61. The molecule has 1 aliphatic rings. The van der Waals surface area contributed by atoms with E-state index >= 15 is 0 Å². The Kier molecular flexibility index (Phi) is 9.12. The largest absolute Gasteiger partial charge is 0.490 e. The van der Waals surface area contributed by atoms with Crippen molar-refractivity contribution in [1.29, 1.82) is 0 Å². The molecule has 0 aliphatic carbocycles. The molecule has 3 aromatic carbocycles. The van der Waals surface area contributed by atoms with Crippen LogP contribution in [0.3, 0.4) is 0 Å². The van der Waals surface area contributed by atoms with E-state index in [4.69, 9.17) is 9.90 Å². The lowest BCUT2D eigenvalue weighted by molar-refractivity contribution is -0.192. The Morgan fingerprint density at radius 1 is 0.795 bits per heavy atom. The quantitative estimate of drug-likeness (QED) is 0.384. The Hall–Kier alpha value is -4.61. The normalized spacial score (nSPS) is 13.3. The van der Waals surface area contributed by atoms with Gasteiger partial charge in [-0.25, -0.2) is 14.0 Å². The monoisotopic (exact) mass is 547 g/mol. The fraction of sp³-hybridized carbons (Fsp3) is 0.222. The van der Waals surface area contributed by atoms with Gasteiger partial charge in [0.1, 0.15) is 5.82 Å². The Labute approximate surface area is 221 Å². The van der Waals surface area contributed by atoms with Crippen molar-refractivity contribution in [3.8, 4) is 0 Å². The minimum atomic E-state index is -5.08. The molecule has 0 unspecified atom stereocenters. The smallest absolute Gasteiger partial charge is 0.478 e. The number of aryl methyl sites for hydroxylation is 1. The highest BCUT2D eigenvalue weighted by Gasteiger charge is 2.38. The number of aromatic carboxylic acids is 1. The van der Waals surface area contributed by atoms with Crippen molar-refractivity contribution in [2.24, 2.45) is 0 Å². The average Bonchev–Trinajstić information content (AvgIpc) is 2.89. The fourth-order valence-electron chi connectivity index (χ4n) is 3.80. The lowest BCUT2D eigenvalue weighted by atomic mass is 10.1. The number of aliphatic carboxylic acids is 1. The zero-order valence-corrected chi connectivity index (χ0v) is 20.7. The predicted molar refractivity (Wildman–Crippen MR) is 137 cm³/mol. The van der Waals surface area contributed by atoms with Gasteiger partial charge in [-0.3, -0.25) is 4.79 Å². The molecule has 3 N–H and O–H groups in total. The molecule has 3 aromatic rings. The van der Waals surface area contributed by atoms with Gasteiger partial charge >= 0.3 is 18.1 Å². The van der Waals surface area contributed by atoms with Crippen molar-refractivity contribution in [3.63, 3.8) is 0 Å². The maximum atomic E-state index is 13.2. The number of carboxylic acids is 2. The van der Waals surface area contributed by atoms with Crippen LogP contribution in [0.1, 0.15) is 26.3 Å². The summed E-state index contributed by atoms with van der Waals surface area (Å²) >= 11 is 0. The number of amides is 1. The van der Waals surface area contributed by atoms with Crippen LogP contribution in [0, 0.1) is 12.7 Å². The molecule has 0 saturated carbocycles. The number of carboxylic acid groups (broad SMARTS) is 2. The highest BCUT2D eigenvalue weighted by atomic mass is 19.4. The van der Waals surface area contributed by atoms with E-state index in [0.29, 0.717) is 24.3 Å². The molecule has 39 heavy (non-hydrogen) atoms. The highest BCUT2D eigenvalue weighted by molar-refractivity contribution is 6.06. The molecule has 1 heterocycles. The molecule has 206 valence electrons. The van der Waals surface area contributed by atoms with Crippen LogP contribution in [0.15, 0.2) is 66.7 Å². The number of nitrogens with one attached hydrogen (secondary N) is 1. The van der Waals surface area contributed by atoms with Crippen molar-refractivity contribution in [2.45, 2.75) is 13.1 Å². The number of hydrogen-bond acceptors (Lipinski definition) is 5. The molecule has 8 nitrogen and oxygen atoms in total. The standard InChI is InChI=1S/C25H24FN3O3.C2HF3O2/c1-17-2-4-18(5-3-17)24(30)27-22-16-19(25(31)32)6-11-23(22)29-14-12-28(13-15-29)21-9-7-20(26)8-10-21;3-2(4,5)1(6)7/h2-11,16H,12-15H2,1H3,(H,27,30)(H,31,32);(H,6,7). The Morgan fingerprint density at radius 2 is 1.31 bits per heavy atom. The van der Waals surface area contributed by atoms with Crippen LogP contribution in [0.2, 0.25) is 0 Å². The third-order valence-corrected chi connectivity index (χ3v) is 5.86. The summed E-state index contributed by atoms with van der Waals surface area (Å²) in [6.07, 6.45) is -5.08. The van der Waals surface area contributed by atoms with Gasteiger partial charge in [0.2, 0.25) is 0 Å². The molecule has 1 amide bonds. The Bertz CT molecular complexity index is 1320. The molecule has 0 atom stereocenters. The number of carbonyl (C=O) groups is 3. The number of hydrogen-bond donors (Lipinski definition) is 3. The zero-order valence-electron chi connectivity index (χ0n) is 20.7. The van der Waals surface area contributed by atoms with Crippen LogP contribution >= 0.6 is 0 Å². The fourth-order valence-corrected chi connectivity index (χ4v) is 3.80. The van der Waals surface area contributed by atoms with Gasteiger partial charge in [-0.2, -0.15) is 13.2 Å².